The first kappa shape index (κ1) is 29.6. The van der Waals surface area contributed by atoms with Crippen LogP contribution in [-0.2, 0) is 25.9 Å². The Kier molecular flexibility index (Phi) is 8.23. The summed E-state index contributed by atoms with van der Waals surface area (Å²) in [6.45, 7) is 10.9. The van der Waals surface area contributed by atoms with Gasteiger partial charge in [-0.3, -0.25) is 4.79 Å². The molecule has 2 aromatic carbocycles. The number of carbonyl (C=O) groups is 2. The van der Waals surface area contributed by atoms with Crippen molar-refractivity contribution in [3.05, 3.63) is 65.7 Å². The molecular formula is C32H43N3O5S. The highest BCUT2D eigenvalue weighted by molar-refractivity contribution is 7.90. The maximum absolute atomic E-state index is 13.6. The highest BCUT2D eigenvalue weighted by Gasteiger charge is 2.48. The molecule has 9 heteroatoms. The fourth-order valence-corrected chi connectivity index (χ4v) is 7.31. The molecule has 1 spiro atoms. The van der Waals surface area contributed by atoms with E-state index in [1.54, 1.807) is 12.1 Å². The number of nitrogens with zero attached hydrogens (tertiary/aromatic N) is 3. The second kappa shape index (κ2) is 11.4. The molecule has 8 nitrogen and oxygen atoms in total. The fraction of sp³-hybridized carbons (Fsp3) is 0.562. The summed E-state index contributed by atoms with van der Waals surface area (Å²) in [6.07, 6.45) is 3.50. The van der Waals surface area contributed by atoms with Crippen molar-refractivity contribution in [3.8, 4) is 0 Å². The molecule has 0 aliphatic carbocycles. The van der Waals surface area contributed by atoms with Gasteiger partial charge in [0, 0.05) is 44.9 Å². The maximum Gasteiger partial charge on any atom is 0.410 e. The standard InChI is InChI=1S/C32H43N3O5S/c1-31(2,3)40-30(37)35-22-26(28(23-35)25-8-6-5-7-9-25)21-33-17-14-32(15-18-33)16-19-34(29(32)36)20-24-10-12-27(13-11-24)41(4,38)39/h5-13,26,28H,14-23H2,1-4H3/t26-,28+/m0/s1. The van der Waals surface area contributed by atoms with Crippen molar-refractivity contribution in [2.45, 2.75) is 63.0 Å². The molecule has 0 bridgehead atoms. The van der Waals surface area contributed by atoms with Gasteiger partial charge in [0.15, 0.2) is 9.84 Å². The zero-order valence-corrected chi connectivity index (χ0v) is 25.5. The number of rotatable bonds is 6. The lowest BCUT2D eigenvalue weighted by molar-refractivity contribution is -0.139. The van der Waals surface area contributed by atoms with Gasteiger partial charge in [0.2, 0.25) is 5.91 Å². The summed E-state index contributed by atoms with van der Waals surface area (Å²) in [4.78, 5) is 33.1. The number of piperidine rings is 1. The van der Waals surface area contributed by atoms with Crippen molar-refractivity contribution in [2.24, 2.45) is 11.3 Å². The normalized spacial score (nSPS) is 23.4. The van der Waals surface area contributed by atoms with Gasteiger partial charge in [0.05, 0.1) is 10.3 Å². The van der Waals surface area contributed by atoms with Crippen LogP contribution in [0.3, 0.4) is 0 Å². The summed E-state index contributed by atoms with van der Waals surface area (Å²) in [5, 5.41) is 0. The monoisotopic (exact) mass is 581 g/mol. The van der Waals surface area contributed by atoms with Gasteiger partial charge in [0.1, 0.15) is 5.60 Å². The Hall–Kier alpha value is -2.91. The maximum atomic E-state index is 13.6. The van der Waals surface area contributed by atoms with Crippen LogP contribution in [0.5, 0.6) is 0 Å². The smallest absolute Gasteiger partial charge is 0.410 e. The van der Waals surface area contributed by atoms with Crippen LogP contribution in [0.4, 0.5) is 4.79 Å². The molecule has 3 aliphatic rings. The van der Waals surface area contributed by atoms with Gasteiger partial charge in [-0.1, -0.05) is 42.5 Å². The fourth-order valence-electron chi connectivity index (χ4n) is 6.68. The minimum atomic E-state index is -3.24. The number of hydrogen-bond donors (Lipinski definition) is 0. The van der Waals surface area contributed by atoms with E-state index in [0.717, 1.165) is 51.0 Å². The van der Waals surface area contributed by atoms with Crippen molar-refractivity contribution in [1.82, 2.24) is 14.7 Å². The van der Waals surface area contributed by atoms with Gasteiger partial charge < -0.3 is 19.4 Å². The van der Waals surface area contributed by atoms with Gasteiger partial charge in [0.25, 0.3) is 0 Å². The van der Waals surface area contributed by atoms with Crippen molar-refractivity contribution in [1.29, 1.82) is 0 Å². The number of amides is 2. The number of sulfone groups is 1. The Morgan fingerprint density at radius 1 is 0.951 bits per heavy atom. The van der Waals surface area contributed by atoms with Crippen LogP contribution in [0, 0.1) is 11.3 Å². The number of benzene rings is 2. The number of carbonyl (C=O) groups excluding carboxylic acids is 2. The molecule has 0 aromatic heterocycles. The lowest BCUT2D eigenvalue weighted by Gasteiger charge is -2.39. The Morgan fingerprint density at radius 3 is 2.20 bits per heavy atom. The van der Waals surface area contributed by atoms with Crippen LogP contribution in [0.15, 0.2) is 59.5 Å². The van der Waals surface area contributed by atoms with Crippen molar-refractivity contribution >= 4 is 21.8 Å². The van der Waals surface area contributed by atoms with Crippen LogP contribution in [0.1, 0.15) is 57.1 Å². The Bertz CT molecular complexity index is 1350. The summed E-state index contributed by atoms with van der Waals surface area (Å²) in [5.74, 6) is 0.769. The molecule has 5 rings (SSSR count). The van der Waals surface area contributed by atoms with Crippen LogP contribution < -0.4 is 0 Å². The largest absolute Gasteiger partial charge is 0.444 e. The second-order valence-corrected chi connectivity index (χ2v) is 15.2. The van der Waals surface area contributed by atoms with Crippen molar-refractivity contribution in [2.75, 3.05) is 45.5 Å². The molecular weight excluding hydrogens is 538 g/mol. The Labute approximate surface area is 244 Å². The average Bonchev–Trinajstić information content (AvgIpc) is 3.47. The van der Waals surface area contributed by atoms with E-state index in [1.165, 1.54) is 11.8 Å². The van der Waals surface area contributed by atoms with Gasteiger partial charge in [-0.25, -0.2) is 13.2 Å². The van der Waals surface area contributed by atoms with E-state index in [1.807, 2.05) is 48.8 Å². The van der Waals surface area contributed by atoms with Crippen LogP contribution in [0.25, 0.3) is 0 Å². The number of hydrogen-bond acceptors (Lipinski definition) is 6. The number of ether oxygens (including phenoxy) is 1. The SMILES string of the molecule is CC(C)(C)OC(=O)N1C[C@H](CN2CCC3(CC2)CCN(Cc2ccc(S(C)(=O)=O)cc2)C3=O)[C@@H](c2ccccc2)C1. The van der Waals surface area contributed by atoms with Gasteiger partial charge >= 0.3 is 6.09 Å². The summed E-state index contributed by atoms with van der Waals surface area (Å²) in [7, 11) is -3.24. The minimum Gasteiger partial charge on any atom is -0.444 e. The molecule has 3 fully saturated rings. The van der Waals surface area contributed by atoms with Gasteiger partial charge in [-0.05, 0) is 82.3 Å². The molecule has 3 aliphatic heterocycles. The van der Waals surface area contributed by atoms with E-state index in [-0.39, 0.29) is 23.3 Å². The van der Waals surface area contributed by atoms with Crippen LogP contribution >= 0.6 is 0 Å². The van der Waals surface area contributed by atoms with Crippen LogP contribution in [-0.4, -0.2) is 86.2 Å². The predicted octanol–water partition coefficient (Wildman–Crippen LogP) is 4.56. The molecule has 2 atom stereocenters. The zero-order valence-electron chi connectivity index (χ0n) is 24.7. The first-order chi connectivity index (χ1) is 19.3. The third-order valence-corrected chi connectivity index (χ3v) is 10.1. The highest BCUT2D eigenvalue weighted by atomic mass is 32.2. The van der Waals surface area contributed by atoms with Gasteiger partial charge in [-0.2, -0.15) is 0 Å². The third kappa shape index (κ3) is 6.78. The van der Waals surface area contributed by atoms with Crippen molar-refractivity contribution < 1.29 is 22.7 Å². The molecule has 3 saturated heterocycles. The highest BCUT2D eigenvalue weighted by Crippen LogP contribution is 2.43. The molecule has 41 heavy (non-hydrogen) atoms. The quantitative estimate of drug-likeness (QED) is 0.497. The van der Waals surface area contributed by atoms with E-state index < -0.39 is 15.4 Å². The topological polar surface area (TPSA) is 87.2 Å². The summed E-state index contributed by atoms with van der Waals surface area (Å²) in [5.41, 5.74) is 1.37. The molecule has 3 heterocycles. The van der Waals surface area contributed by atoms with E-state index in [4.69, 9.17) is 4.74 Å². The lowest BCUT2D eigenvalue weighted by atomic mass is 9.76. The van der Waals surface area contributed by atoms with E-state index in [0.29, 0.717) is 30.4 Å². The van der Waals surface area contributed by atoms with Crippen molar-refractivity contribution in [3.63, 3.8) is 0 Å². The minimum absolute atomic E-state index is 0.225. The van der Waals surface area contributed by atoms with E-state index in [9.17, 15) is 18.0 Å². The first-order valence-electron chi connectivity index (χ1n) is 14.7. The molecule has 0 saturated carbocycles. The molecule has 222 valence electrons. The molecule has 2 aromatic rings. The van der Waals surface area contributed by atoms with E-state index in [2.05, 4.69) is 29.2 Å². The average molecular weight is 582 g/mol. The Morgan fingerprint density at radius 2 is 1.59 bits per heavy atom. The number of likely N-dealkylation sites (tertiary alicyclic amines) is 3. The van der Waals surface area contributed by atoms with Crippen LogP contribution in [0.2, 0.25) is 0 Å². The molecule has 0 unspecified atom stereocenters. The zero-order chi connectivity index (χ0) is 29.4. The summed E-state index contributed by atoms with van der Waals surface area (Å²) >= 11 is 0. The third-order valence-electron chi connectivity index (χ3n) is 8.95. The van der Waals surface area contributed by atoms with E-state index >= 15 is 0 Å². The summed E-state index contributed by atoms with van der Waals surface area (Å²) < 4.78 is 29.2. The lowest BCUT2D eigenvalue weighted by Crippen LogP contribution is -2.46. The first-order valence-corrected chi connectivity index (χ1v) is 16.6. The second-order valence-electron chi connectivity index (χ2n) is 13.1. The molecule has 0 N–H and O–H groups in total. The summed E-state index contributed by atoms with van der Waals surface area (Å²) in [6, 6.07) is 17.3. The van der Waals surface area contributed by atoms with Gasteiger partial charge in [-0.15, -0.1) is 0 Å². The predicted molar refractivity (Wildman–Crippen MR) is 158 cm³/mol. The molecule has 2 amide bonds. The Balaban J connectivity index is 1.19. The molecule has 0 radical (unpaired) electrons.